The van der Waals surface area contributed by atoms with Gasteiger partial charge in [0.2, 0.25) is 0 Å². The lowest BCUT2D eigenvalue weighted by Crippen LogP contribution is -2.14. The lowest BCUT2D eigenvalue weighted by molar-refractivity contribution is 0.404. The van der Waals surface area contributed by atoms with Crippen molar-refractivity contribution in [3.63, 3.8) is 0 Å². The zero-order valence-corrected chi connectivity index (χ0v) is 13.5. The van der Waals surface area contributed by atoms with Gasteiger partial charge < -0.3 is 15.4 Å². The van der Waals surface area contributed by atoms with Gasteiger partial charge in [-0.2, -0.15) is 0 Å². The molecule has 112 valence electrons. The van der Waals surface area contributed by atoms with E-state index in [-0.39, 0.29) is 6.04 Å². The highest BCUT2D eigenvalue weighted by atomic mass is 16.5. The Morgan fingerprint density at radius 2 is 1.62 bits per heavy atom. The second-order valence-corrected chi connectivity index (χ2v) is 5.59. The van der Waals surface area contributed by atoms with Gasteiger partial charge in [-0.1, -0.05) is 24.3 Å². The van der Waals surface area contributed by atoms with Gasteiger partial charge in [0.25, 0.3) is 0 Å². The number of ether oxygens (including phenoxy) is 1. The molecule has 0 aliphatic rings. The average Bonchev–Trinajstić information content (AvgIpc) is 2.49. The van der Waals surface area contributed by atoms with E-state index in [9.17, 15) is 0 Å². The molecule has 3 heteroatoms. The summed E-state index contributed by atoms with van der Waals surface area (Å²) in [5, 5.41) is 0. The van der Waals surface area contributed by atoms with E-state index < -0.39 is 0 Å². The van der Waals surface area contributed by atoms with Crippen LogP contribution in [0, 0.1) is 13.8 Å². The minimum Gasteiger partial charge on any atom is -0.496 e. The Kier molecular flexibility index (Phi) is 4.53. The highest BCUT2D eigenvalue weighted by molar-refractivity contribution is 5.52. The zero-order chi connectivity index (χ0) is 15.6. The Balaban J connectivity index is 2.40. The SMILES string of the molecule is COc1c(C(N)c2ccc(N(C)C)cc2)ccc(C)c1C. The van der Waals surface area contributed by atoms with E-state index in [0.29, 0.717) is 0 Å². The molecule has 0 spiro atoms. The Hall–Kier alpha value is -2.00. The standard InChI is InChI=1S/C18H24N2O/c1-12-6-11-16(18(21-5)13(12)2)17(19)14-7-9-15(10-8-14)20(3)4/h6-11,17H,19H2,1-5H3. The molecule has 0 heterocycles. The molecule has 2 rings (SSSR count). The van der Waals surface area contributed by atoms with E-state index in [1.807, 2.05) is 14.1 Å². The number of rotatable bonds is 4. The lowest BCUT2D eigenvalue weighted by Gasteiger charge is -2.20. The van der Waals surface area contributed by atoms with Crippen LogP contribution >= 0.6 is 0 Å². The molecule has 0 aliphatic carbocycles. The van der Waals surface area contributed by atoms with Crippen molar-refractivity contribution in [2.45, 2.75) is 19.9 Å². The van der Waals surface area contributed by atoms with Crippen molar-refractivity contribution in [2.24, 2.45) is 5.73 Å². The summed E-state index contributed by atoms with van der Waals surface area (Å²) in [4.78, 5) is 2.08. The highest BCUT2D eigenvalue weighted by Gasteiger charge is 2.16. The number of methoxy groups -OCH3 is 1. The van der Waals surface area contributed by atoms with Crippen molar-refractivity contribution >= 4 is 5.69 Å². The third-order valence-electron chi connectivity index (χ3n) is 4.01. The van der Waals surface area contributed by atoms with Gasteiger partial charge in [0.15, 0.2) is 0 Å². The van der Waals surface area contributed by atoms with Crippen LogP contribution in [0.2, 0.25) is 0 Å². The molecule has 0 radical (unpaired) electrons. The number of nitrogens with zero attached hydrogens (tertiary/aromatic N) is 1. The Bertz CT molecular complexity index is 618. The summed E-state index contributed by atoms with van der Waals surface area (Å²) < 4.78 is 5.57. The molecule has 3 nitrogen and oxygen atoms in total. The third kappa shape index (κ3) is 3.03. The highest BCUT2D eigenvalue weighted by Crippen LogP contribution is 2.33. The Labute approximate surface area is 127 Å². The van der Waals surface area contributed by atoms with Crippen LogP contribution in [-0.4, -0.2) is 21.2 Å². The van der Waals surface area contributed by atoms with Crippen molar-refractivity contribution in [1.29, 1.82) is 0 Å². The smallest absolute Gasteiger partial charge is 0.127 e. The maximum Gasteiger partial charge on any atom is 0.127 e. The van der Waals surface area contributed by atoms with E-state index in [1.54, 1.807) is 7.11 Å². The van der Waals surface area contributed by atoms with Crippen molar-refractivity contribution in [3.8, 4) is 5.75 Å². The maximum atomic E-state index is 6.44. The molecule has 0 aliphatic heterocycles. The summed E-state index contributed by atoms with van der Waals surface area (Å²) in [6.07, 6.45) is 0. The first-order chi connectivity index (χ1) is 9.95. The number of nitrogens with two attached hydrogens (primary N) is 1. The normalized spacial score (nSPS) is 12.1. The summed E-state index contributed by atoms with van der Waals surface area (Å²) in [7, 11) is 5.76. The summed E-state index contributed by atoms with van der Waals surface area (Å²) >= 11 is 0. The van der Waals surface area contributed by atoms with Gasteiger partial charge in [-0.15, -0.1) is 0 Å². The number of hydrogen-bond donors (Lipinski definition) is 1. The zero-order valence-electron chi connectivity index (χ0n) is 13.5. The number of benzene rings is 2. The van der Waals surface area contributed by atoms with Gasteiger partial charge in [-0.05, 0) is 42.7 Å². The number of anilines is 1. The van der Waals surface area contributed by atoms with Crippen LogP contribution in [0.4, 0.5) is 5.69 Å². The number of aryl methyl sites for hydroxylation is 1. The monoisotopic (exact) mass is 284 g/mol. The van der Waals surface area contributed by atoms with E-state index in [1.165, 1.54) is 5.56 Å². The van der Waals surface area contributed by atoms with E-state index in [2.05, 4.69) is 55.1 Å². The fourth-order valence-electron chi connectivity index (χ4n) is 2.49. The molecule has 2 N–H and O–H groups in total. The molecular formula is C18H24N2O. The number of hydrogen-bond acceptors (Lipinski definition) is 3. The molecule has 2 aromatic carbocycles. The lowest BCUT2D eigenvalue weighted by atomic mass is 9.95. The van der Waals surface area contributed by atoms with Crippen LogP contribution in [0.1, 0.15) is 28.3 Å². The van der Waals surface area contributed by atoms with Crippen LogP contribution in [0.25, 0.3) is 0 Å². The van der Waals surface area contributed by atoms with Crippen molar-refractivity contribution in [1.82, 2.24) is 0 Å². The molecule has 0 fully saturated rings. The molecule has 0 saturated carbocycles. The average molecular weight is 284 g/mol. The first kappa shape index (κ1) is 15.4. The van der Waals surface area contributed by atoms with Crippen LogP contribution in [0.5, 0.6) is 5.75 Å². The van der Waals surface area contributed by atoms with Gasteiger partial charge in [0.1, 0.15) is 5.75 Å². The minimum absolute atomic E-state index is 0.185. The largest absolute Gasteiger partial charge is 0.496 e. The van der Waals surface area contributed by atoms with E-state index in [0.717, 1.165) is 28.1 Å². The fraction of sp³-hybridized carbons (Fsp3) is 0.333. The van der Waals surface area contributed by atoms with Crippen molar-refractivity contribution in [2.75, 3.05) is 26.1 Å². The maximum absolute atomic E-state index is 6.44. The van der Waals surface area contributed by atoms with Gasteiger partial charge in [0, 0.05) is 25.3 Å². The summed E-state index contributed by atoms with van der Waals surface area (Å²) in [5.74, 6) is 0.888. The van der Waals surface area contributed by atoms with E-state index >= 15 is 0 Å². The van der Waals surface area contributed by atoms with Gasteiger partial charge in [-0.25, -0.2) is 0 Å². The Morgan fingerprint density at radius 3 is 2.14 bits per heavy atom. The van der Waals surface area contributed by atoms with Gasteiger partial charge >= 0.3 is 0 Å². The van der Waals surface area contributed by atoms with Crippen LogP contribution in [-0.2, 0) is 0 Å². The molecule has 0 aromatic heterocycles. The van der Waals surface area contributed by atoms with Crippen molar-refractivity contribution in [3.05, 3.63) is 58.7 Å². The first-order valence-corrected chi connectivity index (χ1v) is 7.12. The molecule has 0 amide bonds. The van der Waals surface area contributed by atoms with E-state index in [4.69, 9.17) is 10.5 Å². The fourth-order valence-corrected chi connectivity index (χ4v) is 2.49. The topological polar surface area (TPSA) is 38.5 Å². The molecule has 2 aromatic rings. The van der Waals surface area contributed by atoms with Crippen LogP contribution in [0.15, 0.2) is 36.4 Å². The predicted octanol–water partition coefficient (Wildman–Crippen LogP) is 3.43. The summed E-state index contributed by atoms with van der Waals surface area (Å²) in [6.45, 7) is 4.15. The van der Waals surface area contributed by atoms with Crippen molar-refractivity contribution < 1.29 is 4.74 Å². The molecule has 1 atom stereocenters. The van der Waals surface area contributed by atoms with Crippen LogP contribution in [0.3, 0.4) is 0 Å². The second-order valence-electron chi connectivity index (χ2n) is 5.59. The van der Waals surface area contributed by atoms with Gasteiger partial charge in [-0.3, -0.25) is 0 Å². The predicted molar refractivity (Wildman–Crippen MR) is 89.3 cm³/mol. The molecule has 1 unspecified atom stereocenters. The van der Waals surface area contributed by atoms with Crippen LogP contribution < -0.4 is 15.4 Å². The summed E-state index contributed by atoms with van der Waals surface area (Å²) in [5.41, 5.74) is 12.1. The third-order valence-corrected chi connectivity index (χ3v) is 4.01. The molecular weight excluding hydrogens is 260 g/mol. The minimum atomic E-state index is -0.185. The summed E-state index contributed by atoms with van der Waals surface area (Å²) in [6, 6.07) is 12.3. The quantitative estimate of drug-likeness (QED) is 0.935. The molecule has 0 bridgehead atoms. The van der Waals surface area contributed by atoms with Gasteiger partial charge in [0.05, 0.1) is 13.2 Å². The molecule has 0 saturated heterocycles. The second kappa shape index (κ2) is 6.19. The first-order valence-electron chi connectivity index (χ1n) is 7.12. The molecule has 21 heavy (non-hydrogen) atoms. The Morgan fingerprint density at radius 1 is 1.00 bits per heavy atom.